The van der Waals surface area contributed by atoms with E-state index in [1.165, 1.54) is 0 Å². The lowest BCUT2D eigenvalue weighted by Gasteiger charge is -2.33. The van der Waals surface area contributed by atoms with Crippen molar-refractivity contribution in [3.05, 3.63) is 108 Å². The molecule has 0 aliphatic carbocycles. The molecule has 0 aliphatic heterocycles. The zero-order chi connectivity index (χ0) is 16.1. The predicted molar refractivity (Wildman–Crippen MR) is 94.1 cm³/mol. The van der Waals surface area contributed by atoms with Crippen LogP contribution in [-0.4, -0.2) is 0 Å². The Balaban J connectivity index is 2.21. The molecule has 0 N–H and O–H groups in total. The van der Waals surface area contributed by atoms with Crippen LogP contribution in [0.1, 0.15) is 29.5 Å². The van der Waals surface area contributed by atoms with Crippen molar-refractivity contribution < 1.29 is 0 Å². The Morgan fingerprint density at radius 1 is 0.696 bits per heavy atom. The summed E-state index contributed by atoms with van der Waals surface area (Å²) in [7, 11) is 0. The van der Waals surface area contributed by atoms with Gasteiger partial charge in [-0.2, -0.15) is 5.26 Å². The number of rotatable bonds is 4. The van der Waals surface area contributed by atoms with Crippen molar-refractivity contribution in [2.45, 2.75) is 18.3 Å². The normalized spacial score (nSPS) is 13.3. The molecule has 1 atom stereocenters. The van der Waals surface area contributed by atoms with E-state index >= 15 is 0 Å². The molecule has 0 aromatic heterocycles. The molecule has 1 unspecified atom stereocenters. The number of hydrogen-bond acceptors (Lipinski definition) is 1. The summed E-state index contributed by atoms with van der Waals surface area (Å²) in [6, 6.07) is 33.3. The van der Waals surface area contributed by atoms with Crippen LogP contribution in [0.2, 0.25) is 0 Å². The van der Waals surface area contributed by atoms with Crippen LogP contribution in [0.15, 0.2) is 91.0 Å². The van der Waals surface area contributed by atoms with Gasteiger partial charge in [-0.15, -0.1) is 0 Å². The van der Waals surface area contributed by atoms with Crippen LogP contribution in [0.4, 0.5) is 0 Å². The Labute approximate surface area is 137 Å². The van der Waals surface area contributed by atoms with Crippen molar-refractivity contribution in [2.24, 2.45) is 0 Å². The molecule has 0 fully saturated rings. The second-order valence-corrected chi connectivity index (χ2v) is 5.93. The molecule has 112 valence electrons. The quantitative estimate of drug-likeness (QED) is 0.641. The fraction of sp³-hybridized carbons (Fsp3) is 0.136. The fourth-order valence-electron chi connectivity index (χ4n) is 3.23. The topological polar surface area (TPSA) is 23.8 Å². The monoisotopic (exact) mass is 297 g/mol. The van der Waals surface area contributed by atoms with E-state index in [-0.39, 0.29) is 5.92 Å². The van der Waals surface area contributed by atoms with Gasteiger partial charge in [-0.1, -0.05) is 91.0 Å². The lowest BCUT2D eigenvalue weighted by atomic mass is 9.67. The summed E-state index contributed by atoms with van der Waals surface area (Å²) in [6.07, 6.45) is 0. The van der Waals surface area contributed by atoms with Crippen LogP contribution >= 0.6 is 0 Å². The average molecular weight is 297 g/mol. The van der Waals surface area contributed by atoms with Gasteiger partial charge in [0, 0.05) is 5.92 Å². The summed E-state index contributed by atoms with van der Waals surface area (Å²) in [6.45, 7) is 2.03. The van der Waals surface area contributed by atoms with Gasteiger partial charge >= 0.3 is 0 Å². The van der Waals surface area contributed by atoms with Gasteiger partial charge in [-0.25, -0.2) is 0 Å². The van der Waals surface area contributed by atoms with Crippen molar-refractivity contribution >= 4 is 0 Å². The van der Waals surface area contributed by atoms with Gasteiger partial charge in [0.1, 0.15) is 0 Å². The minimum Gasteiger partial charge on any atom is -0.197 e. The lowest BCUT2D eigenvalue weighted by molar-refractivity contribution is 0.531. The summed E-state index contributed by atoms with van der Waals surface area (Å²) < 4.78 is 0. The highest BCUT2D eigenvalue weighted by Crippen LogP contribution is 2.42. The number of benzene rings is 3. The fourth-order valence-corrected chi connectivity index (χ4v) is 3.23. The Bertz CT molecular complexity index is 748. The first kappa shape index (κ1) is 15.1. The zero-order valence-corrected chi connectivity index (χ0v) is 13.2. The highest BCUT2D eigenvalue weighted by Gasteiger charge is 2.38. The van der Waals surface area contributed by atoms with Gasteiger partial charge in [-0.3, -0.25) is 0 Å². The summed E-state index contributed by atoms with van der Waals surface area (Å²) in [5.74, 6) is -0.0164. The minimum absolute atomic E-state index is 0.0164. The number of nitriles is 1. The second kappa shape index (κ2) is 6.50. The first-order valence-electron chi connectivity index (χ1n) is 7.82. The van der Waals surface area contributed by atoms with Crippen molar-refractivity contribution in [2.75, 3.05) is 0 Å². The molecule has 0 aliphatic rings. The first-order chi connectivity index (χ1) is 11.3. The third kappa shape index (κ3) is 2.89. The van der Waals surface area contributed by atoms with Crippen molar-refractivity contribution in [1.82, 2.24) is 0 Å². The van der Waals surface area contributed by atoms with E-state index in [9.17, 15) is 5.26 Å². The molecule has 0 amide bonds. The molecule has 23 heavy (non-hydrogen) atoms. The molecule has 0 radical (unpaired) electrons. The van der Waals surface area contributed by atoms with Crippen LogP contribution in [-0.2, 0) is 5.41 Å². The predicted octanol–water partition coefficient (Wildman–Crippen LogP) is 5.30. The standard InChI is InChI=1S/C22H19N/c1-22(17-23,20-15-9-4-10-16-20)21(18-11-5-2-6-12-18)19-13-7-3-8-14-19/h2-16,21H,1H3. The van der Waals surface area contributed by atoms with E-state index in [0.717, 1.165) is 16.7 Å². The first-order valence-corrected chi connectivity index (χ1v) is 7.82. The van der Waals surface area contributed by atoms with E-state index in [4.69, 9.17) is 0 Å². The van der Waals surface area contributed by atoms with Crippen LogP contribution in [0.3, 0.4) is 0 Å². The minimum atomic E-state index is -0.635. The third-order valence-corrected chi connectivity index (χ3v) is 4.45. The van der Waals surface area contributed by atoms with Gasteiger partial charge in [-0.05, 0) is 23.6 Å². The Kier molecular flexibility index (Phi) is 4.26. The highest BCUT2D eigenvalue weighted by atomic mass is 14.4. The summed E-state index contributed by atoms with van der Waals surface area (Å²) in [5, 5.41) is 10.1. The molecule has 0 spiro atoms. The molecule has 3 aromatic rings. The Morgan fingerprint density at radius 2 is 1.09 bits per heavy atom. The Morgan fingerprint density at radius 3 is 1.48 bits per heavy atom. The maximum Gasteiger partial charge on any atom is 0.0902 e. The van der Waals surface area contributed by atoms with Crippen molar-refractivity contribution in [3.63, 3.8) is 0 Å². The van der Waals surface area contributed by atoms with E-state index < -0.39 is 5.41 Å². The molecule has 0 saturated heterocycles. The largest absolute Gasteiger partial charge is 0.197 e. The molecular formula is C22H19N. The number of hydrogen-bond donors (Lipinski definition) is 0. The molecule has 1 heteroatoms. The molecule has 1 nitrogen and oxygen atoms in total. The van der Waals surface area contributed by atoms with Gasteiger partial charge in [0.15, 0.2) is 0 Å². The lowest BCUT2D eigenvalue weighted by Crippen LogP contribution is -2.29. The SMILES string of the molecule is CC(C#N)(c1ccccc1)C(c1ccccc1)c1ccccc1. The van der Waals surface area contributed by atoms with Crippen LogP contribution in [0.25, 0.3) is 0 Å². The van der Waals surface area contributed by atoms with E-state index in [1.807, 2.05) is 73.7 Å². The van der Waals surface area contributed by atoms with Crippen molar-refractivity contribution in [3.8, 4) is 6.07 Å². The maximum absolute atomic E-state index is 10.1. The smallest absolute Gasteiger partial charge is 0.0902 e. The second-order valence-electron chi connectivity index (χ2n) is 5.93. The van der Waals surface area contributed by atoms with Crippen LogP contribution in [0.5, 0.6) is 0 Å². The van der Waals surface area contributed by atoms with E-state index in [1.54, 1.807) is 0 Å². The van der Waals surface area contributed by atoms with E-state index in [2.05, 4.69) is 30.3 Å². The molecule has 3 rings (SSSR count). The summed E-state index contributed by atoms with van der Waals surface area (Å²) in [5.41, 5.74) is 2.72. The van der Waals surface area contributed by atoms with Crippen LogP contribution < -0.4 is 0 Å². The van der Waals surface area contributed by atoms with Gasteiger partial charge in [0.25, 0.3) is 0 Å². The van der Waals surface area contributed by atoms with Crippen LogP contribution in [0, 0.1) is 11.3 Å². The molecule has 0 saturated carbocycles. The molecular weight excluding hydrogens is 278 g/mol. The van der Waals surface area contributed by atoms with Crippen molar-refractivity contribution in [1.29, 1.82) is 5.26 Å². The molecule has 0 heterocycles. The number of nitrogens with zero attached hydrogens (tertiary/aromatic N) is 1. The van der Waals surface area contributed by atoms with E-state index in [0.29, 0.717) is 0 Å². The summed E-state index contributed by atoms with van der Waals surface area (Å²) in [4.78, 5) is 0. The maximum atomic E-state index is 10.1. The molecule has 0 bridgehead atoms. The van der Waals surface area contributed by atoms with Gasteiger partial charge in [0.05, 0.1) is 11.5 Å². The van der Waals surface area contributed by atoms with Gasteiger partial charge < -0.3 is 0 Å². The molecule has 3 aromatic carbocycles. The average Bonchev–Trinajstić information content (AvgIpc) is 2.64. The zero-order valence-electron chi connectivity index (χ0n) is 13.2. The Hall–Kier alpha value is -2.85. The van der Waals surface area contributed by atoms with Gasteiger partial charge in [0.2, 0.25) is 0 Å². The summed E-state index contributed by atoms with van der Waals surface area (Å²) >= 11 is 0. The third-order valence-electron chi connectivity index (χ3n) is 4.45. The highest BCUT2D eigenvalue weighted by molar-refractivity contribution is 5.45.